The summed E-state index contributed by atoms with van der Waals surface area (Å²) in [4.78, 5) is 14.7. The van der Waals surface area contributed by atoms with Gasteiger partial charge in [0.15, 0.2) is 0 Å². The summed E-state index contributed by atoms with van der Waals surface area (Å²) >= 11 is 0.961. The fourth-order valence-electron chi connectivity index (χ4n) is 3.31. The van der Waals surface area contributed by atoms with Gasteiger partial charge in [0, 0.05) is 5.75 Å². The topological polar surface area (TPSA) is 56.6 Å². The van der Waals surface area contributed by atoms with E-state index in [0.717, 1.165) is 30.2 Å². The zero-order valence-corrected chi connectivity index (χ0v) is 15.6. The number of hydrogen-bond donors (Lipinski definition) is 1. The molecule has 0 saturated heterocycles. The minimum atomic E-state index is -4.91. The molecule has 3 rings (SSSR count). The molecular weight excluding hydrogens is 418 g/mol. The van der Waals surface area contributed by atoms with Crippen molar-refractivity contribution in [2.75, 3.05) is 0 Å². The van der Waals surface area contributed by atoms with Gasteiger partial charge in [0.2, 0.25) is 0 Å². The first-order chi connectivity index (χ1) is 13.5. The number of halogens is 6. The number of H-pyrrole nitrogens is 1. The minimum absolute atomic E-state index is 0.0162. The van der Waals surface area contributed by atoms with Gasteiger partial charge in [-0.3, -0.25) is 4.79 Å². The number of fused-ring (bicyclic) bond motifs is 1. The molecule has 0 amide bonds. The van der Waals surface area contributed by atoms with Crippen molar-refractivity contribution in [1.82, 2.24) is 4.98 Å². The molecule has 1 aliphatic rings. The van der Waals surface area contributed by atoms with Crippen LogP contribution in [0.5, 0.6) is 0 Å². The molecule has 29 heavy (non-hydrogen) atoms. The van der Waals surface area contributed by atoms with Crippen LogP contribution in [0.25, 0.3) is 0 Å². The zero-order valence-electron chi connectivity index (χ0n) is 14.8. The number of benzene rings is 1. The van der Waals surface area contributed by atoms with E-state index in [1.807, 2.05) is 6.07 Å². The van der Waals surface area contributed by atoms with E-state index >= 15 is 0 Å². The number of rotatable bonds is 3. The number of alkyl halides is 6. The van der Waals surface area contributed by atoms with Gasteiger partial charge in [-0.15, -0.1) is 11.8 Å². The molecule has 2 aromatic rings. The number of nitrogens with zero attached hydrogens (tertiary/aromatic N) is 1. The molecule has 1 aromatic heterocycles. The van der Waals surface area contributed by atoms with Crippen LogP contribution in [0.4, 0.5) is 26.3 Å². The Labute approximate surface area is 165 Å². The average molecular weight is 432 g/mol. The fourth-order valence-corrected chi connectivity index (χ4v) is 4.35. The number of hydrogen-bond acceptors (Lipinski definition) is 3. The van der Waals surface area contributed by atoms with Crippen molar-refractivity contribution in [3.05, 3.63) is 61.9 Å². The van der Waals surface area contributed by atoms with Crippen LogP contribution in [-0.2, 0) is 30.9 Å². The molecule has 3 nitrogen and oxygen atoms in total. The van der Waals surface area contributed by atoms with Crippen molar-refractivity contribution in [2.24, 2.45) is 0 Å². The van der Waals surface area contributed by atoms with Gasteiger partial charge in [0.05, 0.1) is 16.2 Å². The van der Waals surface area contributed by atoms with Gasteiger partial charge in [-0.25, -0.2) is 0 Å². The highest BCUT2D eigenvalue weighted by Crippen LogP contribution is 2.38. The number of pyridine rings is 1. The lowest BCUT2D eigenvalue weighted by atomic mass is 9.90. The normalized spacial score (nSPS) is 14.4. The second-order valence-corrected chi connectivity index (χ2v) is 7.62. The van der Waals surface area contributed by atoms with Crippen LogP contribution >= 0.6 is 11.8 Å². The lowest BCUT2D eigenvalue weighted by molar-refractivity contribution is -0.143. The predicted octanol–water partition coefficient (Wildman–Crippen LogP) is 5.46. The first kappa shape index (κ1) is 21.3. The summed E-state index contributed by atoms with van der Waals surface area (Å²) in [5, 5.41) is 9.58. The number of aromatic nitrogens is 1. The van der Waals surface area contributed by atoms with Crippen molar-refractivity contribution >= 4 is 11.8 Å². The Morgan fingerprint density at radius 1 is 0.966 bits per heavy atom. The molecule has 0 fully saturated rings. The Balaban J connectivity index is 1.97. The van der Waals surface area contributed by atoms with E-state index in [9.17, 15) is 36.4 Å². The maximum atomic E-state index is 13.0. The molecule has 1 aromatic carbocycles. The SMILES string of the molecule is N#Cc1c2c(c(SCc3cc(C(F)(F)F)cc(C(F)(F)F)c3)[nH]c1=O)CCCC2. The van der Waals surface area contributed by atoms with Crippen LogP contribution < -0.4 is 5.56 Å². The second kappa shape index (κ2) is 7.78. The lowest BCUT2D eigenvalue weighted by Crippen LogP contribution is -2.20. The van der Waals surface area contributed by atoms with E-state index in [1.165, 1.54) is 0 Å². The number of thioether (sulfide) groups is 1. The Kier molecular flexibility index (Phi) is 5.72. The molecule has 1 N–H and O–H groups in total. The quantitative estimate of drug-likeness (QED) is 0.518. The number of nitriles is 1. The summed E-state index contributed by atoms with van der Waals surface area (Å²) in [5.41, 5.74) is -2.15. The van der Waals surface area contributed by atoms with Crippen molar-refractivity contribution in [3.8, 4) is 6.07 Å². The molecule has 0 bridgehead atoms. The maximum Gasteiger partial charge on any atom is 0.416 e. The summed E-state index contributed by atoms with van der Waals surface area (Å²) in [7, 11) is 0. The van der Waals surface area contributed by atoms with Gasteiger partial charge in [0.25, 0.3) is 5.56 Å². The molecule has 0 aliphatic heterocycles. The van der Waals surface area contributed by atoms with Crippen molar-refractivity contribution in [2.45, 2.75) is 48.8 Å². The highest BCUT2D eigenvalue weighted by atomic mass is 32.2. The van der Waals surface area contributed by atoms with E-state index in [1.54, 1.807) is 0 Å². The summed E-state index contributed by atoms with van der Waals surface area (Å²) in [6.07, 6.45) is -7.08. The van der Waals surface area contributed by atoms with E-state index in [4.69, 9.17) is 0 Å². The van der Waals surface area contributed by atoms with Crippen LogP contribution in [0.1, 0.15) is 46.2 Å². The average Bonchev–Trinajstić information content (AvgIpc) is 2.64. The van der Waals surface area contributed by atoms with Gasteiger partial charge in [-0.05, 0) is 60.6 Å². The van der Waals surface area contributed by atoms with Crippen molar-refractivity contribution in [1.29, 1.82) is 5.26 Å². The first-order valence-corrected chi connectivity index (χ1v) is 9.58. The van der Waals surface area contributed by atoms with Gasteiger partial charge in [-0.1, -0.05) is 0 Å². The Hall–Kier alpha value is -2.41. The van der Waals surface area contributed by atoms with Crippen LogP contribution in [0.15, 0.2) is 28.0 Å². The molecule has 0 atom stereocenters. The monoisotopic (exact) mass is 432 g/mol. The maximum absolute atomic E-state index is 13.0. The minimum Gasteiger partial charge on any atom is -0.316 e. The number of nitrogens with one attached hydrogen (secondary N) is 1. The van der Waals surface area contributed by atoms with Crippen molar-refractivity contribution < 1.29 is 26.3 Å². The molecule has 10 heteroatoms. The first-order valence-electron chi connectivity index (χ1n) is 8.60. The molecule has 0 saturated carbocycles. The predicted molar refractivity (Wildman–Crippen MR) is 94.4 cm³/mol. The molecule has 1 heterocycles. The third-order valence-electron chi connectivity index (χ3n) is 4.64. The standard InChI is InChI=1S/C19H14F6N2OS/c20-18(21,22)11-5-10(6-12(7-11)19(23,24)25)9-29-17-14-4-2-1-3-13(14)15(8-26)16(28)27-17/h5-7H,1-4,9H2,(H,27,28). The Morgan fingerprint density at radius 3 is 2.03 bits per heavy atom. The van der Waals surface area contributed by atoms with Crippen LogP contribution in [-0.4, -0.2) is 4.98 Å². The van der Waals surface area contributed by atoms with Gasteiger partial charge in [-0.2, -0.15) is 31.6 Å². The largest absolute Gasteiger partial charge is 0.416 e. The summed E-state index contributed by atoms with van der Waals surface area (Å²) in [6, 6.07) is 3.31. The smallest absolute Gasteiger partial charge is 0.316 e. The Bertz CT molecular complexity index is 1000. The van der Waals surface area contributed by atoms with E-state index in [0.29, 0.717) is 35.6 Å². The summed E-state index contributed by atoms with van der Waals surface area (Å²) in [5.74, 6) is -0.193. The molecular formula is C19H14F6N2OS. The van der Waals surface area contributed by atoms with E-state index < -0.39 is 29.0 Å². The number of aromatic amines is 1. The van der Waals surface area contributed by atoms with Crippen LogP contribution in [0, 0.1) is 11.3 Å². The molecule has 0 unspecified atom stereocenters. The molecule has 0 radical (unpaired) electrons. The molecule has 1 aliphatic carbocycles. The van der Waals surface area contributed by atoms with Gasteiger partial charge in [0.1, 0.15) is 11.6 Å². The third kappa shape index (κ3) is 4.61. The second-order valence-electron chi connectivity index (χ2n) is 6.64. The molecule has 0 spiro atoms. The van der Waals surface area contributed by atoms with E-state index in [2.05, 4.69) is 4.98 Å². The molecule has 154 valence electrons. The Morgan fingerprint density at radius 2 is 1.52 bits per heavy atom. The highest BCUT2D eigenvalue weighted by molar-refractivity contribution is 7.98. The fraction of sp³-hybridized carbons (Fsp3) is 0.368. The van der Waals surface area contributed by atoms with E-state index in [-0.39, 0.29) is 22.9 Å². The van der Waals surface area contributed by atoms with Crippen LogP contribution in [0.3, 0.4) is 0 Å². The van der Waals surface area contributed by atoms with Crippen LogP contribution in [0.2, 0.25) is 0 Å². The lowest BCUT2D eigenvalue weighted by Gasteiger charge is -2.20. The van der Waals surface area contributed by atoms with Gasteiger partial charge >= 0.3 is 12.4 Å². The summed E-state index contributed by atoms with van der Waals surface area (Å²) in [6.45, 7) is 0. The highest BCUT2D eigenvalue weighted by Gasteiger charge is 2.36. The third-order valence-corrected chi connectivity index (χ3v) is 5.76. The van der Waals surface area contributed by atoms with Gasteiger partial charge < -0.3 is 4.98 Å². The summed E-state index contributed by atoms with van der Waals surface area (Å²) < 4.78 is 78.1. The zero-order chi connectivity index (χ0) is 21.4. The van der Waals surface area contributed by atoms with Crippen molar-refractivity contribution in [3.63, 3.8) is 0 Å².